The second-order valence-corrected chi connectivity index (χ2v) is 4.82. The number of aliphatic hydroxyl groups excluding tert-OH is 1. The second kappa shape index (κ2) is 5.44. The number of benzene rings is 1. The van der Waals surface area contributed by atoms with Crippen LogP contribution in [0.25, 0.3) is 0 Å². The molecule has 1 aliphatic rings. The van der Waals surface area contributed by atoms with Gasteiger partial charge in [0.2, 0.25) is 0 Å². The van der Waals surface area contributed by atoms with Crippen LogP contribution in [0, 0.1) is 11.7 Å². The molecule has 1 saturated carbocycles. The van der Waals surface area contributed by atoms with Gasteiger partial charge in [0.15, 0.2) is 0 Å². The second-order valence-electron chi connectivity index (χ2n) is 4.82. The molecule has 0 aliphatic heterocycles. The van der Waals surface area contributed by atoms with Gasteiger partial charge >= 0.3 is 0 Å². The third-order valence-electron chi connectivity index (χ3n) is 3.65. The Labute approximate surface area is 96.3 Å². The van der Waals surface area contributed by atoms with Crippen LogP contribution in [0.2, 0.25) is 0 Å². The van der Waals surface area contributed by atoms with Crippen LogP contribution >= 0.6 is 0 Å². The summed E-state index contributed by atoms with van der Waals surface area (Å²) in [6.45, 7) is 0.169. The molecule has 0 aromatic heterocycles. The van der Waals surface area contributed by atoms with Crippen LogP contribution in [-0.2, 0) is 0 Å². The highest BCUT2D eigenvalue weighted by atomic mass is 19.1. The van der Waals surface area contributed by atoms with E-state index in [2.05, 4.69) is 0 Å². The van der Waals surface area contributed by atoms with Crippen LogP contribution in [0.5, 0.6) is 0 Å². The van der Waals surface area contributed by atoms with Crippen molar-refractivity contribution in [3.63, 3.8) is 0 Å². The molecule has 1 fully saturated rings. The van der Waals surface area contributed by atoms with Crippen molar-refractivity contribution in [2.24, 2.45) is 5.92 Å². The molecule has 0 bridgehead atoms. The van der Waals surface area contributed by atoms with Crippen molar-refractivity contribution < 1.29 is 9.50 Å². The summed E-state index contributed by atoms with van der Waals surface area (Å²) in [6, 6.07) is 6.55. The topological polar surface area (TPSA) is 20.2 Å². The summed E-state index contributed by atoms with van der Waals surface area (Å²) in [5.74, 6) is 0.729. The maximum absolute atomic E-state index is 12.8. The molecule has 1 nitrogen and oxygen atoms in total. The zero-order chi connectivity index (χ0) is 11.4. The van der Waals surface area contributed by atoms with E-state index in [1.54, 1.807) is 12.1 Å². The summed E-state index contributed by atoms with van der Waals surface area (Å²) in [7, 11) is 0. The first-order valence-corrected chi connectivity index (χ1v) is 6.16. The predicted octanol–water partition coefficient (Wildman–Crippen LogP) is 3.48. The lowest BCUT2D eigenvalue weighted by atomic mass is 9.88. The quantitative estimate of drug-likeness (QED) is 0.827. The van der Waals surface area contributed by atoms with Crippen molar-refractivity contribution in [2.45, 2.75) is 38.0 Å². The van der Waals surface area contributed by atoms with Crippen molar-refractivity contribution >= 4 is 0 Å². The van der Waals surface area contributed by atoms with Gasteiger partial charge in [0.25, 0.3) is 0 Å². The van der Waals surface area contributed by atoms with Crippen molar-refractivity contribution in [2.75, 3.05) is 6.61 Å². The zero-order valence-corrected chi connectivity index (χ0v) is 9.53. The highest BCUT2D eigenvalue weighted by Crippen LogP contribution is 2.33. The third kappa shape index (κ3) is 2.82. The Bertz CT molecular complexity index is 314. The minimum absolute atomic E-state index is 0.169. The fourth-order valence-electron chi connectivity index (χ4n) is 2.70. The molecule has 1 unspecified atom stereocenters. The lowest BCUT2D eigenvalue weighted by molar-refractivity contribution is 0.243. The first-order chi connectivity index (χ1) is 7.79. The summed E-state index contributed by atoms with van der Waals surface area (Å²) in [5, 5.41) is 9.42. The predicted molar refractivity (Wildman–Crippen MR) is 62.8 cm³/mol. The Hall–Kier alpha value is -0.890. The van der Waals surface area contributed by atoms with Gasteiger partial charge in [0.1, 0.15) is 5.82 Å². The normalized spacial score (nSPS) is 18.9. The molecule has 88 valence electrons. The largest absolute Gasteiger partial charge is 0.396 e. The van der Waals surface area contributed by atoms with E-state index in [0.29, 0.717) is 0 Å². The molecule has 16 heavy (non-hydrogen) atoms. The first kappa shape index (κ1) is 11.6. The van der Waals surface area contributed by atoms with Gasteiger partial charge in [-0.15, -0.1) is 0 Å². The van der Waals surface area contributed by atoms with Gasteiger partial charge in [-0.3, -0.25) is 0 Å². The van der Waals surface area contributed by atoms with Gasteiger partial charge in [-0.25, -0.2) is 4.39 Å². The highest BCUT2D eigenvalue weighted by molar-refractivity contribution is 5.20. The molecule has 1 N–H and O–H groups in total. The number of aliphatic hydroxyl groups is 1. The molecule has 0 radical (unpaired) electrons. The molecule has 0 amide bonds. The van der Waals surface area contributed by atoms with Gasteiger partial charge in [-0.1, -0.05) is 37.8 Å². The van der Waals surface area contributed by atoms with Gasteiger partial charge in [-0.05, 0) is 30.0 Å². The monoisotopic (exact) mass is 222 g/mol. The maximum Gasteiger partial charge on any atom is 0.123 e. The van der Waals surface area contributed by atoms with Crippen molar-refractivity contribution in [3.8, 4) is 0 Å². The maximum atomic E-state index is 12.8. The van der Waals surface area contributed by atoms with Crippen LogP contribution in [0.3, 0.4) is 0 Å². The van der Waals surface area contributed by atoms with E-state index in [1.807, 2.05) is 0 Å². The third-order valence-corrected chi connectivity index (χ3v) is 3.65. The van der Waals surface area contributed by atoms with Crippen molar-refractivity contribution in [3.05, 3.63) is 35.6 Å². The Morgan fingerprint density at radius 1 is 1.19 bits per heavy atom. The van der Waals surface area contributed by atoms with E-state index in [-0.39, 0.29) is 18.3 Å². The van der Waals surface area contributed by atoms with E-state index >= 15 is 0 Å². The van der Waals surface area contributed by atoms with Crippen LogP contribution < -0.4 is 0 Å². The van der Waals surface area contributed by atoms with E-state index < -0.39 is 0 Å². The molecule has 1 aromatic rings. The van der Waals surface area contributed by atoms with Gasteiger partial charge in [-0.2, -0.15) is 0 Å². The lowest BCUT2D eigenvalue weighted by Gasteiger charge is -2.18. The Morgan fingerprint density at radius 3 is 2.38 bits per heavy atom. The Balaban J connectivity index is 2.00. The summed E-state index contributed by atoms with van der Waals surface area (Å²) >= 11 is 0. The van der Waals surface area contributed by atoms with Crippen molar-refractivity contribution in [1.29, 1.82) is 0 Å². The number of halogens is 1. The summed E-state index contributed by atoms with van der Waals surface area (Å²) in [5.41, 5.74) is 1.07. The minimum Gasteiger partial charge on any atom is -0.396 e. The SMILES string of the molecule is OCC(CC1CCCC1)c1ccc(F)cc1. The molecular weight excluding hydrogens is 203 g/mol. The molecule has 2 heteroatoms. The molecule has 0 saturated heterocycles. The first-order valence-electron chi connectivity index (χ1n) is 6.16. The minimum atomic E-state index is -0.207. The standard InChI is InChI=1S/C14H19FO/c15-14-7-5-12(6-8-14)13(10-16)9-11-3-1-2-4-11/h5-8,11,13,16H,1-4,9-10H2. The molecule has 2 rings (SSSR count). The number of rotatable bonds is 4. The molecule has 0 heterocycles. The molecule has 1 aromatic carbocycles. The smallest absolute Gasteiger partial charge is 0.123 e. The average molecular weight is 222 g/mol. The zero-order valence-electron chi connectivity index (χ0n) is 9.53. The summed E-state index contributed by atoms with van der Waals surface area (Å²) in [4.78, 5) is 0. The van der Waals surface area contributed by atoms with Crippen LogP contribution in [0.1, 0.15) is 43.6 Å². The molecule has 0 spiro atoms. The number of hydrogen-bond donors (Lipinski definition) is 1. The highest BCUT2D eigenvalue weighted by Gasteiger charge is 2.20. The summed E-state index contributed by atoms with van der Waals surface area (Å²) in [6.07, 6.45) is 6.27. The van der Waals surface area contributed by atoms with Crippen molar-refractivity contribution in [1.82, 2.24) is 0 Å². The fraction of sp³-hybridized carbons (Fsp3) is 0.571. The average Bonchev–Trinajstić information content (AvgIpc) is 2.80. The van der Waals surface area contributed by atoms with E-state index in [9.17, 15) is 9.50 Å². The van der Waals surface area contributed by atoms with E-state index in [4.69, 9.17) is 0 Å². The summed E-state index contributed by atoms with van der Waals surface area (Å²) < 4.78 is 12.8. The van der Waals surface area contributed by atoms with Crippen LogP contribution in [0.15, 0.2) is 24.3 Å². The molecule has 1 atom stereocenters. The Morgan fingerprint density at radius 2 is 1.81 bits per heavy atom. The van der Waals surface area contributed by atoms with Crippen LogP contribution in [-0.4, -0.2) is 11.7 Å². The van der Waals surface area contributed by atoms with Crippen LogP contribution in [0.4, 0.5) is 4.39 Å². The molecular formula is C14H19FO. The van der Waals surface area contributed by atoms with Gasteiger partial charge in [0.05, 0.1) is 0 Å². The van der Waals surface area contributed by atoms with E-state index in [1.165, 1.54) is 37.8 Å². The van der Waals surface area contributed by atoms with E-state index in [0.717, 1.165) is 17.9 Å². The molecule has 1 aliphatic carbocycles. The Kier molecular flexibility index (Phi) is 3.94. The lowest BCUT2D eigenvalue weighted by Crippen LogP contribution is -2.09. The number of hydrogen-bond acceptors (Lipinski definition) is 1. The fourth-order valence-corrected chi connectivity index (χ4v) is 2.70. The van der Waals surface area contributed by atoms with Gasteiger partial charge < -0.3 is 5.11 Å². The van der Waals surface area contributed by atoms with Gasteiger partial charge in [0, 0.05) is 12.5 Å².